The number of benzene rings is 2. The van der Waals surface area contributed by atoms with Crippen molar-refractivity contribution in [1.29, 1.82) is 0 Å². The van der Waals surface area contributed by atoms with Crippen LogP contribution in [0.1, 0.15) is 45.4 Å². The molecule has 0 aliphatic rings. The summed E-state index contributed by atoms with van der Waals surface area (Å²) >= 11 is 0. The molecule has 1 N–H and O–H groups in total. The number of aryl methyl sites for hydroxylation is 5. The van der Waals surface area contributed by atoms with Gasteiger partial charge in [-0.25, -0.2) is 0 Å². The van der Waals surface area contributed by atoms with Gasteiger partial charge in [0.05, 0.1) is 11.4 Å². The van der Waals surface area contributed by atoms with Crippen molar-refractivity contribution in [2.45, 2.75) is 41.0 Å². The number of hydrogen-bond acceptors (Lipinski definition) is 3. The van der Waals surface area contributed by atoms with Crippen molar-refractivity contribution in [3.8, 4) is 5.69 Å². The molecule has 0 saturated carbocycles. The number of para-hydroxylation sites is 1. The fourth-order valence-electron chi connectivity index (χ4n) is 3.10. The lowest BCUT2D eigenvalue weighted by molar-refractivity contribution is 0.102. The number of hydrogen-bond donors (Lipinski definition) is 1. The molecule has 0 fully saturated rings. The Bertz CT molecular complexity index is 972. The fourth-order valence-corrected chi connectivity index (χ4v) is 3.10. The molecule has 1 heterocycles. The summed E-state index contributed by atoms with van der Waals surface area (Å²) < 4.78 is 0. The van der Waals surface area contributed by atoms with Gasteiger partial charge in [-0.15, -0.1) is 5.10 Å². The van der Waals surface area contributed by atoms with Gasteiger partial charge in [-0.2, -0.15) is 9.90 Å². The van der Waals surface area contributed by atoms with Gasteiger partial charge in [0.25, 0.3) is 5.91 Å². The van der Waals surface area contributed by atoms with E-state index < -0.39 is 0 Å². The van der Waals surface area contributed by atoms with Crippen LogP contribution < -0.4 is 5.32 Å². The van der Waals surface area contributed by atoms with Crippen molar-refractivity contribution in [1.82, 2.24) is 15.0 Å². The third-order valence-corrected chi connectivity index (χ3v) is 4.54. The smallest absolute Gasteiger partial charge is 0.278 e. The van der Waals surface area contributed by atoms with E-state index >= 15 is 0 Å². The molecule has 0 radical (unpaired) electrons. The first-order valence-electron chi connectivity index (χ1n) is 8.82. The van der Waals surface area contributed by atoms with E-state index in [-0.39, 0.29) is 5.91 Å². The van der Waals surface area contributed by atoms with Crippen LogP contribution in [-0.4, -0.2) is 20.9 Å². The molecule has 26 heavy (non-hydrogen) atoms. The van der Waals surface area contributed by atoms with E-state index in [2.05, 4.69) is 28.5 Å². The highest BCUT2D eigenvalue weighted by Crippen LogP contribution is 2.22. The van der Waals surface area contributed by atoms with Crippen molar-refractivity contribution in [3.63, 3.8) is 0 Å². The highest BCUT2D eigenvalue weighted by molar-refractivity contribution is 6.04. The van der Waals surface area contributed by atoms with Crippen molar-refractivity contribution in [2.24, 2.45) is 0 Å². The quantitative estimate of drug-likeness (QED) is 0.764. The number of carbonyl (C=O) groups excluding carboxylic acids is 1. The van der Waals surface area contributed by atoms with Crippen LogP contribution in [0.2, 0.25) is 0 Å². The third-order valence-electron chi connectivity index (χ3n) is 4.54. The number of amides is 1. The van der Waals surface area contributed by atoms with Crippen LogP contribution >= 0.6 is 0 Å². The lowest BCUT2D eigenvalue weighted by Gasteiger charge is -2.12. The van der Waals surface area contributed by atoms with Gasteiger partial charge in [0.15, 0.2) is 5.69 Å². The molecule has 3 aromatic rings. The van der Waals surface area contributed by atoms with Crippen LogP contribution in [0.15, 0.2) is 36.4 Å². The van der Waals surface area contributed by atoms with E-state index in [0.717, 1.165) is 34.5 Å². The largest absolute Gasteiger partial charge is 0.320 e. The van der Waals surface area contributed by atoms with Gasteiger partial charge in [-0.3, -0.25) is 4.79 Å². The molecule has 1 amide bonds. The fraction of sp³-hybridized carbons (Fsp3) is 0.286. The Kier molecular flexibility index (Phi) is 4.89. The molecule has 3 rings (SSSR count). The summed E-state index contributed by atoms with van der Waals surface area (Å²) in [5.41, 5.74) is 7.08. The summed E-state index contributed by atoms with van der Waals surface area (Å²) in [6, 6.07) is 12.1. The van der Waals surface area contributed by atoms with Crippen LogP contribution in [0.5, 0.6) is 0 Å². The number of carbonyl (C=O) groups is 1. The average Bonchev–Trinajstić information content (AvgIpc) is 2.98. The minimum Gasteiger partial charge on any atom is -0.320 e. The molecule has 0 aliphatic carbocycles. The highest BCUT2D eigenvalue weighted by Gasteiger charge is 2.19. The van der Waals surface area contributed by atoms with Gasteiger partial charge in [0.2, 0.25) is 0 Å². The summed E-state index contributed by atoms with van der Waals surface area (Å²) in [6.45, 7) is 9.94. The number of nitrogens with one attached hydrogen (secondary N) is 1. The molecule has 2 aromatic carbocycles. The average molecular weight is 348 g/mol. The number of anilines is 1. The van der Waals surface area contributed by atoms with Crippen LogP contribution in [0.4, 0.5) is 5.69 Å². The van der Waals surface area contributed by atoms with E-state index in [4.69, 9.17) is 0 Å². The van der Waals surface area contributed by atoms with Crippen LogP contribution in [0.25, 0.3) is 5.69 Å². The summed E-state index contributed by atoms with van der Waals surface area (Å²) in [4.78, 5) is 14.4. The maximum Gasteiger partial charge on any atom is 0.278 e. The monoisotopic (exact) mass is 348 g/mol. The Morgan fingerprint density at radius 1 is 1.04 bits per heavy atom. The lowest BCUT2D eigenvalue weighted by Crippen LogP contribution is -2.16. The Hall–Kier alpha value is -2.95. The molecule has 0 aliphatic heterocycles. The normalized spacial score (nSPS) is 10.8. The van der Waals surface area contributed by atoms with Crippen molar-refractivity contribution < 1.29 is 4.79 Å². The molecule has 0 unspecified atom stereocenters. The predicted molar refractivity (Wildman–Crippen MR) is 104 cm³/mol. The van der Waals surface area contributed by atoms with Gasteiger partial charge in [-0.05, 0) is 56.9 Å². The second-order valence-electron chi connectivity index (χ2n) is 6.63. The van der Waals surface area contributed by atoms with Gasteiger partial charge < -0.3 is 5.32 Å². The van der Waals surface area contributed by atoms with E-state index in [9.17, 15) is 4.79 Å². The Balaban J connectivity index is 1.93. The van der Waals surface area contributed by atoms with E-state index in [0.29, 0.717) is 11.4 Å². The first-order valence-corrected chi connectivity index (χ1v) is 8.82. The van der Waals surface area contributed by atoms with E-state index in [1.165, 1.54) is 10.4 Å². The second-order valence-corrected chi connectivity index (χ2v) is 6.63. The highest BCUT2D eigenvalue weighted by atomic mass is 16.2. The molecule has 0 spiro atoms. The number of aromatic nitrogens is 3. The molecule has 134 valence electrons. The number of nitrogens with zero attached hydrogens (tertiary/aromatic N) is 3. The zero-order chi connectivity index (χ0) is 18.8. The maximum absolute atomic E-state index is 12.8. The topological polar surface area (TPSA) is 59.8 Å². The summed E-state index contributed by atoms with van der Waals surface area (Å²) in [5.74, 6) is -0.234. The molecule has 5 heteroatoms. The van der Waals surface area contributed by atoms with Crippen LogP contribution in [0, 0.1) is 27.7 Å². The first kappa shape index (κ1) is 17.9. The second kappa shape index (κ2) is 7.12. The van der Waals surface area contributed by atoms with Crippen molar-refractivity contribution in [3.05, 3.63) is 70.0 Å². The molecule has 5 nitrogen and oxygen atoms in total. The zero-order valence-electron chi connectivity index (χ0n) is 15.9. The summed E-state index contributed by atoms with van der Waals surface area (Å²) in [7, 11) is 0. The minimum atomic E-state index is -0.234. The molecule has 0 atom stereocenters. The maximum atomic E-state index is 12.8. The predicted octanol–water partition coefficient (Wildman–Crippen LogP) is 4.32. The van der Waals surface area contributed by atoms with Gasteiger partial charge in [-0.1, -0.05) is 42.8 Å². The molecule has 0 saturated heterocycles. The van der Waals surface area contributed by atoms with Gasteiger partial charge in [0, 0.05) is 5.69 Å². The minimum absolute atomic E-state index is 0.234. The van der Waals surface area contributed by atoms with Crippen LogP contribution in [0.3, 0.4) is 0 Å². The molecular weight excluding hydrogens is 324 g/mol. The van der Waals surface area contributed by atoms with Crippen molar-refractivity contribution in [2.75, 3.05) is 5.32 Å². The van der Waals surface area contributed by atoms with Gasteiger partial charge >= 0.3 is 0 Å². The summed E-state index contributed by atoms with van der Waals surface area (Å²) in [5, 5.41) is 11.9. The third kappa shape index (κ3) is 3.38. The zero-order valence-corrected chi connectivity index (χ0v) is 15.9. The SMILES string of the molecule is CCc1cccc(C)c1NC(=O)c1nn(-c2ccc(C)cc2C)nc1C. The molecular formula is C21H24N4O. The molecule has 1 aromatic heterocycles. The van der Waals surface area contributed by atoms with E-state index in [1.807, 2.05) is 51.1 Å². The standard InChI is InChI=1S/C21H24N4O/c1-6-17-9-7-8-14(3)19(17)22-21(26)20-16(5)23-25(24-20)18-11-10-13(2)12-15(18)4/h7-12H,6H2,1-5H3,(H,22,26). The summed E-state index contributed by atoms with van der Waals surface area (Å²) in [6.07, 6.45) is 0.853. The Labute approximate surface area is 154 Å². The lowest BCUT2D eigenvalue weighted by atomic mass is 10.1. The van der Waals surface area contributed by atoms with Crippen LogP contribution in [-0.2, 0) is 6.42 Å². The van der Waals surface area contributed by atoms with Crippen molar-refractivity contribution >= 4 is 11.6 Å². The first-order chi connectivity index (χ1) is 12.4. The number of rotatable bonds is 4. The Morgan fingerprint density at radius 2 is 1.81 bits per heavy atom. The van der Waals surface area contributed by atoms with E-state index in [1.54, 1.807) is 6.92 Å². The Morgan fingerprint density at radius 3 is 2.50 bits per heavy atom. The van der Waals surface area contributed by atoms with Gasteiger partial charge in [0.1, 0.15) is 0 Å². The molecule has 0 bridgehead atoms.